The van der Waals surface area contributed by atoms with Crippen molar-refractivity contribution >= 4 is 11.4 Å². The molecule has 2 aromatic rings. The minimum absolute atomic E-state index is 0.726. The number of nitrogens with two attached hydrogens (primary N) is 1. The molecule has 0 saturated heterocycles. The average molecular weight is 245 g/mol. The van der Waals surface area contributed by atoms with Crippen molar-refractivity contribution in [1.82, 2.24) is 14.8 Å². The summed E-state index contributed by atoms with van der Waals surface area (Å²) in [6, 6.07) is 7.84. The third kappa shape index (κ3) is 2.80. The van der Waals surface area contributed by atoms with Gasteiger partial charge in [-0.3, -0.25) is 0 Å². The van der Waals surface area contributed by atoms with E-state index in [-0.39, 0.29) is 0 Å². The lowest BCUT2D eigenvalue weighted by molar-refractivity contribution is 0.566. The van der Waals surface area contributed by atoms with Gasteiger partial charge < -0.3 is 10.6 Å². The van der Waals surface area contributed by atoms with E-state index in [1.54, 1.807) is 6.33 Å². The van der Waals surface area contributed by atoms with Crippen LogP contribution in [0.5, 0.6) is 0 Å². The zero-order valence-corrected chi connectivity index (χ0v) is 10.9. The van der Waals surface area contributed by atoms with Crippen LogP contribution in [0.15, 0.2) is 30.6 Å². The van der Waals surface area contributed by atoms with E-state index in [4.69, 9.17) is 5.73 Å². The van der Waals surface area contributed by atoms with Crippen molar-refractivity contribution in [2.45, 2.75) is 26.4 Å². The van der Waals surface area contributed by atoms with Crippen LogP contribution >= 0.6 is 0 Å². The van der Waals surface area contributed by atoms with Gasteiger partial charge in [0.25, 0.3) is 0 Å². The maximum Gasteiger partial charge on any atom is 0.146 e. The summed E-state index contributed by atoms with van der Waals surface area (Å²) >= 11 is 0. The van der Waals surface area contributed by atoms with E-state index < -0.39 is 0 Å². The first-order chi connectivity index (χ1) is 8.70. The first-order valence-electron chi connectivity index (χ1n) is 6.14. The van der Waals surface area contributed by atoms with Crippen LogP contribution in [-0.2, 0) is 13.1 Å². The normalized spacial score (nSPS) is 10.6. The SMILES string of the molecule is CCCn1ncnc1CN(C)c1cccc(N)c1. The van der Waals surface area contributed by atoms with Crippen molar-refractivity contribution < 1.29 is 0 Å². The molecule has 0 saturated carbocycles. The van der Waals surface area contributed by atoms with Crippen LogP contribution in [0.25, 0.3) is 0 Å². The van der Waals surface area contributed by atoms with Gasteiger partial charge in [-0.15, -0.1) is 0 Å². The molecule has 0 aliphatic rings. The fourth-order valence-corrected chi connectivity index (χ4v) is 1.87. The largest absolute Gasteiger partial charge is 0.399 e. The van der Waals surface area contributed by atoms with E-state index in [0.29, 0.717) is 0 Å². The van der Waals surface area contributed by atoms with Gasteiger partial charge >= 0.3 is 0 Å². The van der Waals surface area contributed by atoms with Crippen LogP contribution in [0.2, 0.25) is 0 Å². The van der Waals surface area contributed by atoms with E-state index >= 15 is 0 Å². The maximum absolute atomic E-state index is 5.79. The highest BCUT2D eigenvalue weighted by Gasteiger charge is 2.08. The summed E-state index contributed by atoms with van der Waals surface area (Å²) in [7, 11) is 2.03. The molecule has 5 heteroatoms. The number of nitrogens with zero attached hydrogens (tertiary/aromatic N) is 4. The lowest BCUT2D eigenvalue weighted by Gasteiger charge is -2.19. The van der Waals surface area contributed by atoms with E-state index in [0.717, 1.165) is 36.7 Å². The van der Waals surface area contributed by atoms with Gasteiger partial charge in [0.2, 0.25) is 0 Å². The first kappa shape index (κ1) is 12.4. The minimum Gasteiger partial charge on any atom is -0.399 e. The third-order valence-electron chi connectivity index (χ3n) is 2.82. The lowest BCUT2D eigenvalue weighted by Crippen LogP contribution is -2.20. The van der Waals surface area contributed by atoms with Crippen LogP contribution in [0.1, 0.15) is 19.2 Å². The zero-order chi connectivity index (χ0) is 13.0. The predicted molar refractivity (Wildman–Crippen MR) is 73.3 cm³/mol. The minimum atomic E-state index is 0.726. The summed E-state index contributed by atoms with van der Waals surface area (Å²) < 4.78 is 1.95. The van der Waals surface area contributed by atoms with Crippen molar-refractivity contribution in [3.8, 4) is 0 Å². The molecule has 18 heavy (non-hydrogen) atoms. The Morgan fingerprint density at radius 2 is 2.22 bits per heavy atom. The van der Waals surface area contributed by atoms with Gasteiger partial charge in [-0.2, -0.15) is 5.10 Å². The highest BCUT2D eigenvalue weighted by atomic mass is 15.3. The number of aromatic nitrogens is 3. The van der Waals surface area contributed by atoms with Crippen LogP contribution < -0.4 is 10.6 Å². The Kier molecular flexibility index (Phi) is 3.82. The van der Waals surface area contributed by atoms with Crippen LogP contribution in [-0.4, -0.2) is 21.8 Å². The molecule has 0 radical (unpaired) electrons. The van der Waals surface area contributed by atoms with Gasteiger partial charge in [-0.25, -0.2) is 9.67 Å². The third-order valence-corrected chi connectivity index (χ3v) is 2.82. The number of anilines is 2. The molecule has 0 aliphatic carbocycles. The molecule has 1 heterocycles. The number of rotatable bonds is 5. The molecular weight excluding hydrogens is 226 g/mol. The van der Waals surface area contributed by atoms with Crippen molar-refractivity contribution in [2.75, 3.05) is 17.7 Å². The number of hydrogen-bond acceptors (Lipinski definition) is 4. The van der Waals surface area contributed by atoms with E-state index in [2.05, 4.69) is 21.9 Å². The van der Waals surface area contributed by atoms with Gasteiger partial charge in [0.05, 0.1) is 6.54 Å². The molecule has 5 nitrogen and oxygen atoms in total. The Bertz CT molecular complexity index is 506. The molecule has 0 unspecified atom stereocenters. The number of aryl methyl sites for hydroxylation is 1. The maximum atomic E-state index is 5.79. The van der Waals surface area contributed by atoms with Crippen LogP contribution in [0.3, 0.4) is 0 Å². The predicted octanol–water partition coefficient (Wildman–Crippen LogP) is 1.91. The van der Waals surface area contributed by atoms with E-state index in [1.807, 2.05) is 36.0 Å². The van der Waals surface area contributed by atoms with Gasteiger partial charge in [-0.05, 0) is 24.6 Å². The summed E-state index contributed by atoms with van der Waals surface area (Å²) in [5.74, 6) is 0.974. The summed E-state index contributed by atoms with van der Waals surface area (Å²) in [5, 5.41) is 4.22. The molecule has 0 spiro atoms. The Balaban J connectivity index is 2.11. The fraction of sp³-hybridized carbons (Fsp3) is 0.385. The van der Waals surface area contributed by atoms with Gasteiger partial charge in [0, 0.05) is 25.0 Å². The standard InChI is InChI=1S/C13H19N5/c1-3-7-18-13(15-10-16-18)9-17(2)12-6-4-5-11(14)8-12/h4-6,8,10H,3,7,9,14H2,1-2H3. The second kappa shape index (κ2) is 5.53. The Hall–Kier alpha value is -2.04. The molecular formula is C13H19N5. The van der Waals surface area contributed by atoms with Gasteiger partial charge in [-0.1, -0.05) is 13.0 Å². The van der Waals surface area contributed by atoms with Crippen molar-refractivity contribution in [3.05, 3.63) is 36.4 Å². The van der Waals surface area contributed by atoms with Crippen molar-refractivity contribution in [1.29, 1.82) is 0 Å². The molecule has 96 valence electrons. The van der Waals surface area contributed by atoms with Gasteiger partial charge in [0.1, 0.15) is 12.2 Å². The molecule has 0 amide bonds. The molecule has 0 bridgehead atoms. The second-order valence-corrected chi connectivity index (χ2v) is 4.35. The van der Waals surface area contributed by atoms with Gasteiger partial charge in [0.15, 0.2) is 0 Å². The molecule has 0 fully saturated rings. The highest BCUT2D eigenvalue weighted by molar-refractivity contribution is 5.55. The average Bonchev–Trinajstić information content (AvgIpc) is 2.77. The van der Waals surface area contributed by atoms with Crippen LogP contribution in [0, 0.1) is 0 Å². The first-order valence-corrected chi connectivity index (χ1v) is 6.14. The summed E-state index contributed by atoms with van der Waals surface area (Å²) in [5.41, 5.74) is 7.64. The van der Waals surface area contributed by atoms with Crippen molar-refractivity contribution in [2.24, 2.45) is 0 Å². The topological polar surface area (TPSA) is 60.0 Å². The van der Waals surface area contributed by atoms with Crippen LogP contribution in [0.4, 0.5) is 11.4 Å². The Labute approximate surface area is 107 Å². The molecule has 2 rings (SSSR count). The quantitative estimate of drug-likeness (QED) is 0.817. The number of benzene rings is 1. The zero-order valence-electron chi connectivity index (χ0n) is 10.9. The fourth-order valence-electron chi connectivity index (χ4n) is 1.87. The van der Waals surface area contributed by atoms with Crippen molar-refractivity contribution in [3.63, 3.8) is 0 Å². The monoisotopic (exact) mass is 245 g/mol. The molecule has 1 aromatic carbocycles. The Morgan fingerprint density at radius 3 is 2.94 bits per heavy atom. The molecule has 0 atom stereocenters. The summed E-state index contributed by atoms with van der Waals surface area (Å²) in [6.45, 7) is 3.76. The molecule has 1 aromatic heterocycles. The highest BCUT2D eigenvalue weighted by Crippen LogP contribution is 2.17. The Morgan fingerprint density at radius 1 is 1.39 bits per heavy atom. The summed E-state index contributed by atoms with van der Waals surface area (Å²) in [4.78, 5) is 6.42. The van der Waals surface area contributed by atoms with E-state index in [1.165, 1.54) is 0 Å². The lowest BCUT2D eigenvalue weighted by atomic mass is 10.2. The molecule has 0 aliphatic heterocycles. The van der Waals surface area contributed by atoms with E-state index in [9.17, 15) is 0 Å². The number of hydrogen-bond donors (Lipinski definition) is 1. The second-order valence-electron chi connectivity index (χ2n) is 4.35. The number of nitrogen functional groups attached to an aromatic ring is 1. The summed E-state index contributed by atoms with van der Waals surface area (Å²) in [6.07, 6.45) is 2.66. The molecule has 2 N–H and O–H groups in total. The smallest absolute Gasteiger partial charge is 0.146 e.